The van der Waals surface area contributed by atoms with E-state index in [0.29, 0.717) is 11.5 Å². The summed E-state index contributed by atoms with van der Waals surface area (Å²) in [5.74, 6) is -0.745. The van der Waals surface area contributed by atoms with E-state index in [1.54, 1.807) is 18.2 Å². The first-order valence-electron chi connectivity index (χ1n) is 7.12. The first kappa shape index (κ1) is 20.7. The fourth-order valence-corrected chi connectivity index (χ4v) is 2.10. The van der Waals surface area contributed by atoms with E-state index in [-0.39, 0.29) is 48.3 Å². The number of guanidine groups is 1. The summed E-state index contributed by atoms with van der Waals surface area (Å²) in [5.41, 5.74) is 0.641. The lowest BCUT2D eigenvalue weighted by Crippen LogP contribution is -2.36. The molecular weight excluding hydrogens is 445 g/mol. The van der Waals surface area contributed by atoms with Gasteiger partial charge in [-0.1, -0.05) is 18.2 Å². The van der Waals surface area contributed by atoms with E-state index in [0.717, 1.165) is 18.2 Å². The van der Waals surface area contributed by atoms with Gasteiger partial charge >= 0.3 is 0 Å². The third-order valence-electron chi connectivity index (χ3n) is 3.31. The lowest BCUT2D eigenvalue weighted by molar-refractivity contribution is -0.385. The van der Waals surface area contributed by atoms with Crippen LogP contribution in [0.3, 0.4) is 0 Å². The number of rotatable bonds is 5. The molecule has 0 aliphatic heterocycles. The molecule has 0 heterocycles. The van der Waals surface area contributed by atoms with Crippen LogP contribution < -0.4 is 10.6 Å². The molecule has 0 aromatic heterocycles. The van der Waals surface area contributed by atoms with E-state index in [2.05, 4.69) is 15.6 Å². The van der Waals surface area contributed by atoms with Crippen molar-refractivity contribution in [1.82, 2.24) is 10.6 Å². The van der Waals surface area contributed by atoms with Crippen LogP contribution in [0.25, 0.3) is 0 Å². The Morgan fingerprint density at radius 1 is 1.12 bits per heavy atom. The minimum absolute atomic E-state index is 0. The standard InChI is InChI=1S/C16H16F2N4O2.HI/c1-19-16(21-10-12-8-13(17)6-7-14(12)18)20-9-11-4-2-3-5-15(11)22(23)24;/h2-8H,9-10H2,1H3,(H2,19,20,21);1H. The van der Waals surface area contributed by atoms with Gasteiger partial charge in [0.25, 0.3) is 5.69 Å². The topological polar surface area (TPSA) is 79.6 Å². The van der Waals surface area contributed by atoms with Crippen LogP contribution in [0.15, 0.2) is 47.5 Å². The Labute approximate surface area is 160 Å². The van der Waals surface area contributed by atoms with Crippen molar-refractivity contribution in [2.45, 2.75) is 13.1 Å². The molecule has 0 unspecified atom stereocenters. The van der Waals surface area contributed by atoms with Gasteiger partial charge in [0.15, 0.2) is 5.96 Å². The molecule has 0 aliphatic carbocycles. The normalized spacial score (nSPS) is 10.8. The molecule has 9 heteroatoms. The highest BCUT2D eigenvalue weighted by molar-refractivity contribution is 14.0. The molecule has 0 fully saturated rings. The summed E-state index contributed by atoms with van der Waals surface area (Å²) in [5, 5.41) is 16.7. The summed E-state index contributed by atoms with van der Waals surface area (Å²) in [6.07, 6.45) is 0. The minimum Gasteiger partial charge on any atom is -0.352 e. The zero-order chi connectivity index (χ0) is 17.5. The second kappa shape index (κ2) is 9.87. The van der Waals surface area contributed by atoms with Crippen molar-refractivity contribution in [1.29, 1.82) is 0 Å². The predicted octanol–water partition coefficient (Wildman–Crippen LogP) is 3.36. The zero-order valence-electron chi connectivity index (χ0n) is 13.3. The smallest absolute Gasteiger partial charge is 0.274 e. The molecule has 2 aromatic rings. The van der Waals surface area contributed by atoms with Gasteiger partial charge < -0.3 is 10.6 Å². The highest BCUT2D eigenvalue weighted by Gasteiger charge is 2.12. The fourth-order valence-electron chi connectivity index (χ4n) is 2.10. The molecule has 0 radical (unpaired) electrons. The molecule has 0 saturated carbocycles. The molecule has 0 bridgehead atoms. The number of nitro benzene ring substituents is 1. The molecule has 2 aromatic carbocycles. The van der Waals surface area contributed by atoms with Crippen LogP contribution in [0.2, 0.25) is 0 Å². The summed E-state index contributed by atoms with van der Waals surface area (Å²) in [4.78, 5) is 14.5. The van der Waals surface area contributed by atoms with Gasteiger partial charge in [-0.3, -0.25) is 15.1 Å². The number of nitrogens with zero attached hydrogens (tertiary/aromatic N) is 2. The number of halogens is 3. The van der Waals surface area contributed by atoms with Gasteiger partial charge in [-0.15, -0.1) is 24.0 Å². The maximum atomic E-state index is 13.6. The Morgan fingerprint density at radius 3 is 2.40 bits per heavy atom. The average Bonchev–Trinajstić information content (AvgIpc) is 2.58. The van der Waals surface area contributed by atoms with Crippen LogP contribution in [0.1, 0.15) is 11.1 Å². The Morgan fingerprint density at radius 2 is 1.76 bits per heavy atom. The second-order valence-corrected chi connectivity index (χ2v) is 4.90. The van der Waals surface area contributed by atoms with Crippen molar-refractivity contribution < 1.29 is 13.7 Å². The second-order valence-electron chi connectivity index (χ2n) is 4.90. The molecule has 0 spiro atoms. The Kier molecular flexibility index (Phi) is 8.19. The molecule has 25 heavy (non-hydrogen) atoms. The first-order chi connectivity index (χ1) is 11.5. The quantitative estimate of drug-likeness (QED) is 0.235. The molecular formula is C16H17F2IN4O2. The van der Waals surface area contributed by atoms with Crippen LogP contribution in [-0.4, -0.2) is 17.9 Å². The van der Waals surface area contributed by atoms with Crippen LogP contribution >= 0.6 is 24.0 Å². The van der Waals surface area contributed by atoms with E-state index in [1.807, 2.05) is 0 Å². The molecule has 0 atom stereocenters. The molecule has 0 aliphatic rings. The molecule has 0 saturated heterocycles. The number of hydrogen-bond donors (Lipinski definition) is 2. The summed E-state index contributed by atoms with van der Waals surface area (Å²) < 4.78 is 26.7. The van der Waals surface area contributed by atoms with Crippen molar-refractivity contribution in [3.8, 4) is 0 Å². The Hall–Kier alpha value is -2.30. The van der Waals surface area contributed by atoms with Crippen molar-refractivity contribution >= 4 is 35.6 Å². The Bertz CT molecular complexity index is 772. The van der Waals surface area contributed by atoms with Gasteiger partial charge in [-0.2, -0.15) is 0 Å². The first-order valence-corrected chi connectivity index (χ1v) is 7.12. The lowest BCUT2D eigenvalue weighted by Gasteiger charge is -2.12. The third-order valence-corrected chi connectivity index (χ3v) is 3.31. The average molecular weight is 462 g/mol. The summed E-state index contributed by atoms with van der Waals surface area (Å²) in [6.45, 7) is 0.197. The lowest BCUT2D eigenvalue weighted by atomic mass is 10.2. The molecule has 134 valence electrons. The molecule has 6 nitrogen and oxygen atoms in total. The van der Waals surface area contributed by atoms with Crippen LogP contribution in [0, 0.1) is 21.7 Å². The predicted molar refractivity (Wildman–Crippen MR) is 102 cm³/mol. The van der Waals surface area contributed by atoms with Crippen molar-refractivity contribution in [2.75, 3.05) is 7.05 Å². The van der Waals surface area contributed by atoms with Gasteiger partial charge in [-0.25, -0.2) is 8.78 Å². The van der Waals surface area contributed by atoms with E-state index < -0.39 is 16.6 Å². The van der Waals surface area contributed by atoms with Crippen molar-refractivity contribution in [2.24, 2.45) is 4.99 Å². The Balaban J connectivity index is 0.00000312. The van der Waals surface area contributed by atoms with Crippen LogP contribution in [0.4, 0.5) is 14.5 Å². The molecule has 2 N–H and O–H groups in total. The largest absolute Gasteiger partial charge is 0.352 e. The summed E-state index contributed by atoms with van der Waals surface area (Å²) in [6, 6.07) is 9.51. The number of nitrogens with one attached hydrogen (secondary N) is 2. The van der Waals surface area contributed by atoms with Crippen LogP contribution in [0.5, 0.6) is 0 Å². The highest BCUT2D eigenvalue weighted by atomic mass is 127. The van der Waals surface area contributed by atoms with E-state index in [9.17, 15) is 18.9 Å². The maximum Gasteiger partial charge on any atom is 0.274 e. The number of para-hydroxylation sites is 1. The van der Waals surface area contributed by atoms with E-state index in [4.69, 9.17) is 0 Å². The van der Waals surface area contributed by atoms with E-state index >= 15 is 0 Å². The van der Waals surface area contributed by atoms with Gasteiger partial charge in [0.05, 0.1) is 4.92 Å². The molecule has 2 rings (SSSR count). The number of hydrogen-bond acceptors (Lipinski definition) is 3. The van der Waals surface area contributed by atoms with Crippen molar-refractivity contribution in [3.63, 3.8) is 0 Å². The van der Waals surface area contributed by atoms with E-state index in [1.165, 1.54) is 13.1 Å². The SMILES string of the molecule is CN=C(NCc1cc(F)ccc1F)NCc1ccccc1[N+](=O)[O-].I. The number of benzene rings is 2. The van der Waals surface area contributed by atoms with Gasteiger partial charge in [0.1, 0.15) is 11.6 Å². The third kappa shape index (κ3) is 5.93. The number of aliphatic imine (C=N–C) groups is 1. The van der Waals surface area contributed by atoms with Crippen molar-refractivity contribution in [3.05, 3.63) is 75.3 Å². The van der Waals surface area contributed by atoms with Crippen LogP contribution in [-0.2, 0) is 13.1 Å². The monoisotopic (exact) mass is 462 g/mol. The zero-order valence-corrected chi connectivity index (χ0v) is 15.7. The van der Waals surface area contributed by atoms with Gasteiger partial charge in [0, 0.05) is 37.3 Å². The van der Waals surface area contributed by atoms with Gasteiger partial charge in [0.2, 0.25) is 0 Å². The summed E-state index contributed by atoms with van der Waals surface area (Å²) >= 11 is 0. The number of nitro groups is 1. The maximum absolute atomic E-state index is 13.6. The van der Waals surface area contributed by atoms with Gasteiger partial charge in [-0.05, 0) is 18.2 Å². The molecule has 0 amide bonds. The fraction of sp³-hybridized carbons (Fsp3) is 0.188. The minimum atomic E-state index is -0.531. The highest BCUT2D eigenvalue weighted by Crippen LogP contribution is 2.17. The summed E-state index contributed by atoms with van der Waals surface area (Å²) in [7, 11) is 1.51.